The molecule has 0 aliphatic carbocycles. The Hall–Kier alpha value is -2.53. The van der Waals surface area contributed by atoms with E-state index in [9.17, 15) is 0 Å². The van der Waals surface area contributed by atoms with Crippen LogP contribution in [0.25, 0.3) is 0 Å². The summed E-state index contributed by atoms with van der Waals surface area (Å²) in [5, 5.41) is 8.54. The zero-order valence-corrected chi connectivity index (χ0v) is 14.0. The fraction of sp³-hybridized carbons (Fsp3) is 0.222. The number of nitrogen functional groups attached to an aromatic ring is 1. The molecule has 6 heteroatoms. The Balaban J connectivity index is 1.74. The van der Waals surface area contributed by atoms with Crippen molar-refractivity contribution in [1.29, 1.82) is 0 Å². The second kappa shape index (κ2) is 5.83. The maximum atomic E-state index is 6.01. The minimum absolute atomic E-state index is 0.0901. The summed E-state index contributed by atoms with van der Waals surface area (Å²) in [7, 11) is 0. The van der Waals surface area contributed by atoms with Crippen molar-refractivity contribution >= 4 is 23.5 Å². The van der Waals surface area contributed by atoms with Gasteiger partial charge >= 0.3 is 0 Å². The molecule has 2 aromatic carbocycles. The van der Waals surface area contributed by atoms with Crippen molar-refractivity contribution in [2.45, 2.75) is 25.4 Å². The average Bonchev–Trinajstić information content (AvgIpc) is 2.95. The van der Waals surface area contributed by atoms with E-state index < -0.39 is 0 Å². The van der Waals surface area contributed by atoms with E-state index in [-0.39, 0.29) is 18.0 Å². The third kappa shape index (κ3) is 2.71. The van der Waals surface area contributed by atoms with Crippen molar-refractivity contribution in [1.82, 2.24) is 14.8 Å². The molecule has 5 nitrogen and oxygen atoms in total. The zero-order chi connectivity index (χ0) is 16.7. The number of nitrogens with two attached hydrogens (primary N) is 1. The van der Waals surface area contributed by atoms with Crippen molar-refractivity contribution in [3.8, 4) is 0 Å². The van der Waals surface area contributed by atoms with E-state index in [1.54, 1.807) is 0 Å². The lowest BCUT2D eigenvalue weighted by molar-refractivity contribution is 0.431. The van der Waals surface area contributed by atoms with E-state index in [1.807, 2.05) is 28.9 Å². The topological polar surface area (TPSA) is 68.8 Å². The van der Waals surface area contributed by atoms with E-state index >= 15 is 0 Å². The molecule has 2 unspecified atom stereocenters. The molecule has 1 aliphatic rings. The normalized spacial score (nSPS) is 19.6. The van der Waals surface area contributed by atoms with Crippen LogP contribution in [0.2, 0.25) is 5.02 Å². The van der Waals surface area contributed by atoms with E-state index in [4.69, 9.17) is 17.3 Å². The Morgan fingerprint density at radius 2 is 1.75 bits per heavy atom. The summed E-state index contributed by atoms with van der Waals surface area (Å²) < 4.78 is 1.88. The van der Waals surface area contributed by atoms with Gasteiger partial charge in [-0.3, -0.25) is 0 Å². The molecule has 2 atom stereocenters. The monoisotopic (exact) mass is 339 g/mol. The van der Waals surface area contributed by atoms with Crippen LogP contribution >= 0.6 is 11.6 Å². The second-order valence-corrected chi connectivity index (χ2v) is 6.59. The average molecular weight is 340 g/mol. The van der Waals surface area contributed by atoms with E-state index in [2.05, 4.69) is 46.6 Å². The molecule has 1 aromatic heterocycles. The summed E-state index contributed by atoms with van der Waals surface area (Å²) in [5.41, 5.74) is 9.43. The molecule has 0 radical (unpaired) electrons. The maximum absolute atomic E-state index is 6.01. The van der Waals surface area contributed by atoms with Gasteiger partial charge in [0.25, 0.3) is 0 Å². The van der Waals surface area contributed by atoms with Crippen molar-refractivity contribution in [3.05, 3.63) is 70.2 Å². The SMILES string of the molecule is Cc1ccc(C2CC(c3ccc(Cl)cc3)Nc3nc(N)nn32)cc1. The van der Waals surface area contributed by atoms with Crippen LogP contribution in [0.5, 0.6) is 0 Å². The van der Waals surface area contributed by atoms with Crippen LogP contribution in [-0.2, 0) is 0 Å². The number of aromatic nitrogens is 3. The number of rotatable bonds is 2. The second-order valence-electron chi connectivity index (χ2n) is 6.15. The minimum atomic E-state index is 0.0901. The highest BCUT2D eigenvalue weighted by atomic mass is 35.5. The van der Waals surface area contributed by atoms with E-state index in [1.165, 1.54) is 16.7 Å². The molecule has 0 amide bonds. The molecule has 122 valence electrons. The third-order valence-corrected chi connectivity index (χ3v) is 4.69. The van der Waals surface area contributed by atoms with Crippen LogP contribution in [0, 0.1) is 6.92 Å². The van der Waals surface area contributed by atoms with Crippen LogP contribution in [0.4, 0.5) is 11.9 Å². The number of hydrogen-bond donors (Lipinski definition) is 2. The number of aryl methyl sites for hydroxylation is 1. The van der Waals surface area contributed by atoms with Crippen LogP contribution < -0.4 is 11.1 Å². The molecule has 0 spiro atoms. The quantitative estimate of drug-likeness (QED) is 0.741. The first-order chi connectivity index (χ1) is 11.6. The first kappa shape index (κ1) is 15.0. The number of nitrogens with one attached hydrogen (secondary N) is 1. The number of anilines is 2. The Morgan fingerprint density at radius 1 is 1.08 bits per heavy atom. The Labute approximate surface area is 145 Å². The lowest BCUT2D eigenvalue weighted by Crippen LogP contribution is -2.28. The van der Waals surface area contributed by atoms with E-state index in [0.29, 0.717) is 5.95 Å². The molecule has 24 heavy (non-hydrogen) atoms. The van der Waals surface area contributed by atoms with Crippen LogP contribution in [0.1, 0.15) is 35.2 Å². The third-order valence-electron chi connectivity index (χ3n) is 4.44. The highest BCUT2D eigenvalue weighted by molar-refractivity contribution is 6.30. The van der Waals surface area contributed by atoms with Gasteiger partial charge in [0, 0.05) is 5.02 Å². The molecule has 0 saturated carbocycles. The molecule has 0 fully saturated rings. The Bertz CT molecular complexity index is 854. The zero-order valence-electron chi connectivity index (χ0n) is 13.3. The molecular weight excluding hydrogens is 322 g/mol. The standard InChI is InChI=1S/C18H18ClN5/c1-11-2-4-13(5-3-11)16-10-15(12-6-8-14(19)9-7-12)21-18-22-17(20)23-24(16)18/h2-9,15-16H,10H2,1H3,(H3,20,21,22,23). The predicted molar refractivity (Wildman–Crippen MR) is 96.2 cm³/mol. The number of halogens is 1. The van der Waals surface area contributed by atoms with Crippen LogP contribution in [0.3, 0.4) is 0 Å². The first-order valence-electron chi connectivity index (χ1n) is 7.91. The summed E-state index contributed by atoms with van der Waals surface area (Å²) >= 11 is 6.01. The van der Waals surface area contributed by atoms with Gasteiger partial charge < -0.3 is 11.1 Å². The fourth-order valence-corrected chi connectivity index (χ4v) is 3.30. The van der Waals surface area contributed by atoms with Crippen LogP contribution in [0.15, 0.2) is 48.5 Å². The van der Waals surface area contributed by atoms with Gasteiger partial charge in [-0.15, -0.1) is 5.10 Å². The lowest BCUT2D eigenvalue weighted by Gasteiger charge is -2.31. The number of nitrogens with zero attached hydrogens (tertiary/aromatic N) is 3. The summed E-state index contributed by atoms with van der Waals surface area (Å²) in [6.45, 7) is 2.08. The van der Waals surface area contributed by atoms with Crippen molar-refractivity contribution in [2.75, 3.05) is 11.1 Å². The van der Waals surface area contributed by atoms with Gasteiger partial charge in [0.1, 0.15) is 0 Å². The predicted octanol–water partition coefficient (Wildman–Crippen LogP) is 3.97. The fourth-order valence-electron chi connectivity index (χ4n) is 3.17. The minimum Gasteiger partial charge on any atom is -0.366 e. The van der Waals surface area contributed by atoms with Crippen molar-refractivity contribution in [3.63, 3.8) is 0 Å². The van der Waals surface area contributed by atoms with Gasteiger partial charge in [-0.25, -0.2) is 4.68 Å². The molecule has 0 saturated heterocycles. The summed E-state index contributed by atoms with van der Waals surface area (Å²) in [4.78, 5) is 4.33. The van der Waals surface area contributed by atoms with Crippen molar-refractivity contribution < 1.29 is 0 Å². The van der Waals surface area contributed by atoms with Gasteiger partial charge in [0.05, 0.1) is 12.1 Å². The van der Waals surface area contributed by atoms with Crippen LogP contribution in [-0.4, -0.2) is 14.8 Å². The number of hydrogen-bond acceptors (Lipinski definition) is 4. The van der Waals surface area contributed by atoms with Gasteiger partial charge in [0.2, 0.25) is 11.9 Å². The van der Waals surface area contributed by atoms with Gasteiger partial charge in [-0.1, -0.05) is 53.6 Å². The first-order valence-corrected chi connectivity index (χ1v) is 8.28. The molecule has 0 bridgehead atoms. The highest BCUT2D eigenvalue weighted by Gasteiger charge is 2.30. The molecule has 3 N–H and O–H groups in total. The lowest BCUT2D eigenvalue weighted by atomic mass is 9.93. The molecule has 2 heterocycles. The molecule has 1 aliphatic heterocycles. The van der Waals surface area contributed by atoms with E-state index in [0.717, 1.165) is 11.4 Å². The highest BCUT2D eigenvalue weighted by Crippen LogP contribution is 2.38. The smallest absolute Gasteiger partial charge is 0.241 e. The largest absolute Gasteiger partial charge is 0.366 e. The number of fused-ring (bicyclic) bond motifs is 1. The maximum Gasteiger partial charge on any atom is 0.241 e. The van der Waals surface area contributed by atoms with Gasteiger partial charge in [-0.05, 0) is 36.6 Å². The molecule has 3 aromatic rings. The van der Waals surface area contributed by atoms with Gasteiger partial charge in [-0.2, -0.15) is 4.98 Å². The number of benzene rings is 2. The summed E-state index contributed by atoms with van der Waals surface area (Å²) in [6.07, 6.45) is 0.862. The summed E-state index contributed by atoms with van der Waals surface area (Å²) in [6, 6.07) is 16.7. The Kier molecular flexibility index (Phi) is 3.65. The van der Waals surface area contributed by atoms with Crippen molar-refractivity contribution in [2.24, 2.45) is 0 Å². The molecular formula is C18H18ClN5. The Morgan fingerprint density at radius 3 is 2.46 bits per heavy atom. The summed E-state index contributed by atoms with van der Waals surface area (Å²) in [5.74, 6) is 0.982. The van der Waals surface area contributed by atoms with Gasteiger partial charge in [0.15, 0.2) is 0 Å². The molecule has 4 rings (SSSR count).